The Labute approximate surface area is 111 Å². The Balaban J connectivity index is 2.22. The molecule has 1 N–H and O–H groups in total. The minimum absolute atomic E-state index is 0.189. The lowest BCUT2D eigenvalue weighted by Crippen LogP contribution is -2.50. The Kier molecular flexibility index (Phi) is 3.67. The van der Waals surface area contributed by atoms with Crippen LogP contribution in [0.1, 0.15) is 45.6 Å². The van der Waals surface area contributed by atoms with Crippen molar-refractivity contribution < 1.29 is 0 Å². The number of hydrogen-bond donors (Lipinski definition) is 1. The van der Waals surface area contributed by atoms with Gasteiger partial charge in [0.1, 0.15) is 0 Å². The molecule has 1 saturated heterocycles. The van der Waals surface area contributed by atoms with Crippen molar-refractivity contribution in [1.29, 1.82) is 0 Å². The Morgan fingerprint density at radius 2 is 1.83 bits per heavy atom. The molecule has 2 nitrogen and oxygen atoms in total. The molecule has 1 aliphatic rings. The molecule has 100 valence electrons. The van der Waals surface area contributed by atoms with Crippen LogP contribution in [0.5, 0.6) is 0 Å². The van der Waals surface area contributed by atoms with Crippen molar-refractivity contribution in [3.63, 3.8) is 0 Å². The molecule has 2 rings (SSSR count). The molecule has 0 aliphatic carbocycles. The van der Waals surface area contributed by atoms with Gasteiger partial charge in [0.25, 0.3) is 0 Å². The van der Waals surface area contributed by atoms with Gasteiger partial charge in [-0.3, -0.25) is 0 Å². The van der Waals surface area contributed by atoms with E-state index in [2.05, 4.69) is 69.2 Å². The van der Waals surface area contributed by atoms with Crippen molar-refractivity contribution in [2.45, 2.75) is 51.6 Å². The molecule has 0 spiro atoms. The Hall–Kier alpha value is -1.02. The van der Waals surface area contributed by atoms with Gasteiger partial charge in [-0.2, -0.15) is 0 Å². The monoisotopic (exact) mass is 246 g/mol. The van der Waals surface area contributed by atoms with E-state index in [0.717, 1.165) is 6.54 Å². The molecule has 1 aromatic rings. The summed E-state index contributed by atoms with van der Waals surface area (Å²) in [5.74, 6) is 0.607. The van der Waals surface area contributed by atoms with Crippen molar-refractivity contribution in [1.82, 2.24) is 5.32 Å². The summed E-state index contributed by atoms with van der Waals surface area (Å²) in [7, 11) is 2.07. The van der Waals surface area contributed by atoms with Gasteiger partial charge in [0, 0.05) is 23.8 Å². The van der Waals surface area contributed by atoms with Gasteiger partial charge in [-0.05, 0) is 50.9 Å². The fraction of sp³-hybridized carbons (Fsp3) is 0.625. The van der Waals surface area contributed by atoms with E-state index in [1.807, 2.05) is 0 Å². The van der Waals surface area contributed by atoms with Gasteiger partial charge in [0.05, 0.1) is 0 Å². The average Bonchev–Trinajstić information content (AvgIpc) is 2.64. The number of anilines is 1. The lowest BCUT2D eigenvalue weighted by atomic mass is 9.95. The molecule has 0 amide bonds. The van der Waals surface area contributed by atoms with E-state index in [1.54, 1.807) is 0 Å². The Morgan fingerprint density at radius 1 is 1.22 bits per heavy atom. The highest BCUT2D eigenvalue weighted by Crippen LogP contribution is 2.34. The summed E-state index contributed by atoms with van der Waals surface area (Å²) in [6.45, 7) is 10.3. The second-order valence-corrected chi connectivity index (χ2v) is 6.18. The molecule has 1 heterocycles. The highest BCUT2D eigenvalue weighted by molar-refractivity contribution is 5.52. The van der Waals surface area contributed by atoms with Crippen LogP contribution in [0.3, 0.4) is 0 Å². The Morgan fingerprint density at radius 3 is 2.28 bits per heavy atom. The van der Waals surface area contributed by atoms with Crippen LogP contribution in [-0.4, -0.2) is 25.2 Å². The molecule has 1 atom stereocenters. The van der Waals surface area contributed by atoms with Crippen LogP contribution >= 0.6 is 0 Å². The van der Waals surface area contributed by atoms with Crippen LogP contribution in [0.15, 0.2) is 24.3 Å². The fourth-order valence-electron chi connectivity index (χ4n) is 3.09. The molecule has 1 unspecified atom stereocenters. The minimum Gasteiger partial charge on any atom is -0.365 e. The van der Waals surface area contributed by atoms with Crippen LogP contribution in [0.25, 0.3) is 0 Å². The maximum atomic E-state index is 3.44. The van der Waals surface area contributed by atoms with E-state index >= 15 is 0 Å². The van der Waals surface area contributed by atoms with Gasteiger partial charge in [-0.1, -0.05) is 26.0 Å². The zero-order valence-corrected chi connectivity index (χ0v) is 12.3. The first-order valence-electron chi connectivity index (χ1n) is 7.01. The number of nitrogens with one attached hydrogen (secondary N) is 1. The lowest BCUT2D eigenvalue weighted by molar-refractivity contribution is 0.403. The second-order valence-electron chi connectivity index (χ2n) is 6.18. The summed E-state index contributed by atoms with van der Waals surface area (Å²) >= 11 is 0. The van der Waals surface area contributed by atoms with Crippen LogP contribution in [0.4, 0.5) is 5.69 Å². The molecule has 0 radical (unpaired) electrons. The molecule has 18 heavy (non-hydrogen) atoms. The topological polar surface area (TPSA) is 15.3 Å². The van der Waals surface area contributed by atoms with Crippen molar-refractivity contribution in [3.8, 4) is 0 Å². The second kappa shape index (κ2) is 4.93. The summed E-state index contributed by atoms with van der Waals surface area (Å²) in [6.07, 6.45) is 1.22. The van der Waals surface area contributed by atoms with Gasteiger partial charge < -0.3 is 10.2 Å². The zero-order chi connectivity index (χ0) is 13.3. The smallest absolute Gasteiger partial charge is 0.0499 e. The molecular weight excluding hydrogens is 220 g/mol. The van der Waals surface area contributed by atoms with E-state index in [-0.39, 0.29) is 5.54 Å². The Bertz CT molecular complexity index is 392. The molecule has 1 fully saturated rings. The van der Waals surface area contributed by atoms with Gasteiger partial charge >= 0.3 is 0 Å². The summed E-state index contributed by atoms with van der Waals surface area (Å²) in [5.41, 5.74) is 2.96. The van der Waals surface area contributed by atoms with Crippen molar-refractivity contribution in [3.05, 3.63) is 29.8 Å². The van der Waals surface area contributed by atoms with Gasteiger partial charge in [0.2, 0.25) is 0 Å². The normalized spacial score (nSPS) is 22.8. The van der Waals surface area contributed by atoms with Crippen LogP contribution in [0.2, 0.25) is 0 Å². The molecule has 0 saturated carbocycles. The first kappa shape index (κ1) is 13.4. The molecule has 1 aliphatic heterocycles. The number of likely N-dealkylation sites (N-methyl/N-ethyl adjacent to an activating group) is 1. The number of rotatable bonds is 3. The maximum Gasteiger partial charge on any atom is 0.0499 e. The van der Waals surface area contributed by atoms with E-state index in [4.69, 9.17) is 0 Å². The average molecular weight is 246 g/mol. The van der Waals surface area contributed by atoms with Crippen molar-refractivity contribution in [2.75, 3.05) is 18.5 Å². The van der Waals surface area contributed by atoms with Crippen molar-refractivity contribution in [2.24, 2.45) is 0 Å². The van der Waals surface area contributed by atoms with Crippen LogP contribution < -0.4 is 10.2 Å². The zero-order valence-electron chi connectivity index (χ0n) is 12.3. The van der Waals surface area contributed by atoms with E-state index in [1.165, 1.54) is 17.7 Å². The van der Waals surface area contributed by atoms with E-state index in [9.17, 15) is 0 Å². The quantitative estimate of drug-likeness (QED) is 0.879. The number of hydrogen-bond acceptors (Lipinski definition) is 2. The molecular formula is C16H26N2. The molecule has 0 bridgehead atoms. The summed E-state index contributed by atoms with van der Waals surface area (Å²) < 4.78 is 0. The fourth-order valence-corrected chi connectivity index (χ4v) is 3.09. The third-order valence-electron chi connectivity index (χ3n) is 4.41. The third kappa shape index (κ3) is 2.26. The standard InChI is InChI=1S/C16H26N2/c1-12(2)13-6-8-14(9-7-13)18-11-10-15(17-5)16(18,3)4/h6-9,12,15,17H,10-11H2,1-5H3. The highest BCUT2D eigenvalue weighted by atomic mass is 15.3. The molecule has 0 aromatic heterocycles. The maximum absolute atomic E-state index is 3.44. The first-order valence-corrected chi connectivity index (χ1v) is 7.01. The van der Waals surface area contributed by atoms with Gasteiger partial charge in [-0.15, -0.1) is 0 Å². The highest BCUT2D eigenvalue weighted by Gasteiger charge is 2.40. The third-order valence-corrected chi connectivity index (χ3v) is 4.41. The molecule has 2 heteroatoms. The SMILES string of the molecule is CNC1CCN(c2ccc(C(C)C)cc2)C1(C)C. The lowest BCUT2D eigenvalue weighted by Gasteiger charge is -2.37. The number of nitrogens with zero attached hydrogens (tertiary/aromatic N) is 1. The largest absolute Gasteiger partial charge is 0.365 e. The number of benzene rings is 1. The van der Waals surface area contributed by atoms with E-state index < -0.39 is 0 Å². The molecule has 1 aromatic carbocycles. The van der Waals surface area contributed by atoms with Crippen molar-refractivity contribution >= 4 is 5.69 Å². The summed E-state index contributed by atoms with van der Waals surface area (Å²) in [4.78, 5) is 2.53. The van der Waals surface area contributed by atoms with Gasteiger partial charge in [0.15, 0.2) is 0 Å². The predicted octanol–water partition coefficient (Wildman–Crippen LogP) is 3.39. The van der Waals surface area contributed by atoms with Crippen LogP contribution in [-0.2, 0) is 0 Å². The van der Waals surface area contributed by atoms with Gasteiger partial charge in [-0.25, -0.2) is 0 Å². The first-order chi connectivity index (χ1) is 8.46. The summed E-state index contributed by atoms with van der Waals surface area (Å²) in [6, 6.07) is 9.65. The predicted molar refractivity (Wildman–Crippen MR) is 79.4 cm³/mol. The van der Waals surface area contributed by atoms with E-state index in [0.29, 0.717) is 12.0 Å². The minimum atomic E-state index is 0.189. The van der Waals surface area contributed by atoms with Crippen LogP contribution in [0, 0.1) is 0 Å². The summed E-state index contributed by atoms with van der Waals surface area (Å²) in [5, 5.41) is 3.44.